The van der Waals surface area contributed by atoms with Crippen molar-refractivity contribution in [3.05, 3.63) is 29.3 Å². The Kier molecular flexibility index (Phi) is 2.78. The van der Waals surface area contributed by atoms with E-state index in [-0.39, 0.29) is 17.9 Å². The van der Waals surface area contributed by atoms with Crippen LogP contribution in [0.5, 0.6) is 0 Å². The molecule has 0 radical (unpaired) electrons. The van der Waals surface area contributed by atoms with E-state index in [1.165, 1.54) is 0 Å². The van der Waals surface area contributed by atoms with Crippen LogP contribution in [0.25, 0.3) is 0 Å². The van der Waals surface area contributed by atoms with Crippen molar-refractivity contribution >= 4 is 17.6 Å². The molecule has 2 aliphatic rings. The van der Waals surface area contributed by atoms with Gasteiger partial charge in [-0.15, -0.1) is 0 Å². The highest BCUT2D eigenvalue weighted by Gasteiger charge is 2.34. The number of carboxylic acid groups (broad SMARTS) is 1. The molecule has 0 bridgehead atoms. The van der Waals surface area contributed by atoms with Crippen LogP contribution < -0.4 is 10.2 Å². The Balaban J connectivity index is 1.92. The van der Waals surface area contributed by atoms with Gasteiger partial charge in [-0.25, -0.2) is 0 Å². The Morgan fingerprint density at radius 3 is 2.95 bits per heavy atom. The predicted molar refractivity (Wildman–Crippen MR) is 70.0 cm³/mol. The second-order valence-electron chi connectivity index (χ2n) is 5.21. The summed E-state index contributed by atoms with van der Waals surface area (Å²) < 4.78 is 0. The zero-order valence-electron chi connectivity index (χ0n) is 10.7. The number of hydrogen-bond acceptors (Lipinski definition) is 3. The van der Waals surface area contributed by atoms with Crippen molar-refractivity contribution in [2.45, 2.75) is 18.9 Å². The summed E-state index contributed by atoms with van der Waals surface area (Å²) >= 11 is 0. The van der Waals surface area contributed by atoms with Gasteiger partial charge in [-0.3, -0.25) is 9.59 Å². The lowest BCUT2D eigenvalue weighted by Gasteiger charge is -2.16. The van der Waals surface area contributed by atoms with Crippen LogP contribution in [0.3, 0.4) is 0 Å². The first kappa shape index (κ1) is 12.2. The molecule has 2 N–H and O–H groups in total. The van der Waals surface area contributed by atoms with Gasteiger partial charge >= 0.3 is 5.97 Å². The first-order valence-corrected chi connectivity index (χ1v) is 6.42. The molecule has 2 unspecified atom stereocenters. The summed E-state index contributed by atoms with van der Waals surface area (Å²) in [5.74, 6) is -0.998. The van der Waals surface area contributed by atoms with Gasteiger partial charge in [-0.05, 0) is 23.6 Å². The Morgan fingerprint density at radius 1 is 1.47 bits per heavy atom. The van der Waals surface area contributed by atoms with E-state index in [9.17, 15) is 9.59 Å². The number of nitrogens with zero attached hydrogens (tertiary/aromatic N) is 1. The largest absolute Gasteiger partial charge is 0.481 e. The van der Waals surface area contributed by atoms with Crippen LogP contribution in [0.15, 0.2) is 18.2 Å². The van der Waals surface area contributed by atoms with Crippen molar-refractivity contribution in [2.24, 2.45) is 5.92 Å². The fourth-order valence-electron chi connectivity index (χ4n) is 2.99. The van der Waals surface area contributed by atoms with Gasteiger partial charge in [-0.1, -0.05) is 12.1 Å². The lowest BCUT2D eigenvalue weighted by atomic mass is 9.94. The first-order valence-electron chi connectivity index (χ1n) is 6.42. The molecule has 1 saturated heterocycles. The van der Waals surface area contributed by atoms with Crippen LogP contribution in [0.4, 0.5) is 5.69 Å². The number of aliphatic carboxylic acids is 1. The number of hydrogen-bond donors (Lipinski definition) is 2. The minimum absolute atomic E-state index is 0.0374. The highest BCUT2D eigenvalue weighted by Crippen LogP contribution is 2.37. The summed E-state index contributed by atoms with van der Waals surface area (Å²) in [6.45, 7) is 0.494. The third-order valence-corrected chi connectivity index (χ3v) is 4.11. The van der Waals surface area contributed by atoms with Crippen LogP contribution >= 0.6 is 0 Å². The first-order chi connectivity index (χ1) is 9.08. The maximum atomic E-state index is 11.8. The highest BCUT2D eigenvalue weighted by atomic mass is 16.4. The number of anilines is 1. The molecule has 1 aromatic rings. The van der Waals surface area contributed by atoms with Crippen molar-refractivity contribution in [1.29, 1.82) is 0 Å². The van der Waals surface area contributed by atoms with E-state index in [0.29, 0.717) is 19.4 Å². The molecule has 19 heavy (non-hydrogen) atoms. The van der Waals surface area contributed by atoms with Crippen molar-refractivity contribution in [1.82, 2.24) is 5.32 Å². The van der Waals surface area contributed by atoms with Gasteiger partial charge in [0, 0.05) is 25.3 Å². The molecule has 0 saturated carbocycles. The van der Waals surface area contributed by atoms with E-state index in [1.54, 1.807) is 11.9 Å². The van der Waals surface area contributed by atoms with Crippen LogP contribution in [0.1, 0.15) is 23.6 Å². The molecular weight excluding hydrogens is 244 g/mol. The average molecular weight is 260 g/mol. The number of likely N-dealkylation sites (N-methyl/N-ethyl adjacent to an activating group) is 1. The fourth-order valence-corrected chi connectivity index (χ4v) is 2.99. The summed E-state index contributed by atoms with van der Waals surface area (Å²) in [6, 6.07) is 5.90. The van der Waals surface area contributed by atoms with Crippen LogP contribution in [0, 0.1) is 5.92 Å². The highest BCUT2D eigenvalue weighted by molar-refractivity contribution is 6.01. The fraction of sp³-hybridized carbons (Fsp3) is 0.429. The van der Waals surface area contributed by atoms with Gasteiger partial charge in [0.2, 0.25) is 5.91 Å². The standard InChI is InChI=1S/C14H16N2O3/c1-16-12-4-2-3-9(10(12)6-13(16)17)11-5-8(7-15-11)14(18)19/h2-4,8,11,15H,5-7H2,1H3,(H,18,19). The number of carbonyl (C=O) groups excluding carboxylic acids is 1. The van der Waals surface area contributed by atoms with E-state index in [4.69, 9.17) is 5.11 Å². The van der Waals surface area contributed by atoms with Crippen molar-refractivity contribution in [3.63, 3.8) is 0 Å². The lowest BCUT2D eigenvalue weighted by molar-refractivity contribution is -0.141. The van der Waals surface area contributed by atoms with Gasteiger partial charge < -0.3 is 15.3 Å². The third kappa shape index (κ3) is 1.90. The summed E-state index contributed by atoms with van der Waals surface area (Å²) in [5, 5.41) is 12.3. The van der Waals surface area contributed by atoms with E-state index in [1.807, 2.05) is 18.2 Å². The van der Waals surface area contributed by atoms with E-state index in [2.05, 4.69) is 5.32 Å². The smallest absolute Gasteiger partial charge is 0.307 e. The Labute approximate surface area is 111 Å². The van der Waals surface area contributed by atoms with E-state index < -0.39 is 5.97 Å². The lowest BCUT2D eigenvalue weighted by Crippen LogP contribution is -2.20. The number of fused-ring (bicyclic) bond motifs is 1. The Bertz CT molecular complexity index is 556. The second kappa shape index (κ2) is 4.35. The molecule has 1 aromatic carbocycles. The second-order valence-corrected chi connectivity index (χ2v) is 5.21. The van der Waals surface area contributed by atoms with E-state index in [0.717, 1.165) is 16.8 Å². The Morgan fingerprint density at radius 2 is 2.26 bits per heavy atom. The maximum Gasteiger partial charge on any atom is 0.307 e. The molecular formula is C14H16N2O3. The van der Waals surface area contributed by atoms with Gasteiger partial charge in [0.15, 0.2) is 0 Å². The molecule has 1 fully saturated rings. The van der Waals surface area contributed by atoms with Gasteiger partial charge in [-0.2, -0.15) is 0 Å². The Hall–Kier alpha value is -1.88. The minimum atomic E-state index is -0.754. The summed E-state index contributed by atoms with van der Waals surface area (Å²) in [6.07, 6.45) is 1.00. The minimum Gasteiger partial charge on any atom is -0.481 e. The van der Waals surface area contributed by atoms with Gasteiger partial charge in [0.05, 0.1) is 12.3 Å². The summed E-state index contributed by atoms with van der Waals surface area (Å²) in [5.41, 5.74) is 3.06. The third-order valence-electron chi connectivity index (χ3n) is 4.11. The molecule has 0 spiro atoms. The number of carbonyl (C=O) groups is 2. The molecule has 0 aliphatic carbocycles. The topological polar surface area (TPSA) is 69.6 Å². The number of carboxylic acids is 1. The maximum absolute atomic E-state index is 11.8. The van der Waals surface area contributed by atoms with Crippen LogP contribution in [-0.4, -0.2) is 30.6 Å². The summed E-state index contributed by atoms with van der Waals surface area (Å²) in [7, 11) is 1.78. The quantitative estimate of drug-likeness (QED) is 0.830. The number of benzene rings is 1. The summed E-state index contributed by atoms with van der Waals surface area (Å²) in [4.78, 5) is 24.5. The zero-order valence-corrected chi connectivity index (χ0v) is 10.7. The van der Waals surface area contributed by atoms with Crippen LogP contribution in [0.2, 0.25) is 0 Å². The van der Waals surface area contributed by atoms with Crippen LogP contribution in [-0.2, 0) is 16.0 Å². The number of rotatable bonds is 2. The van der Waals surface area contributed by atoms with E-state index >= 15 is 0 Å². The molecule has 1 amide bonds. The SMILES string of the molecule is CN1C(=O)Cc2c(C3CC(C(=O)O)CN3)cccc21. The molecule has 2 aliphatic heterocycles. The number of amides is 1. The predicted octanol–water partition coefficient (Wildman–Crippen LogP) is 0.941. The molecule has 0 aromatic heterocycles. The molecule has 5 nitrogen and oxygen atoms in total. The zero-order chi connectivity index (χ0) is 13.6. The van der Waals surface area contributed by atoms with Crippen molar-refractivity contribution in [3.8, 4) is 0 Å². The monoisotopic (exact) mass is 260 g/mol. The van der Waals surface area contributed by atoms with Crippen molar-refractivity contribution < 1.29 is 14.7 Å². The molecule has 100 valence electrons. The number of nitrogens with one attached hydrogen (secondary N) is 1. The van der Waals surface area contributed by atoms with Gasteiger partial charge in [0.1, 0.15) is 0 Å². The average Bonchev–Trinajstić information content (AvgIpc) is 2.96. The molecule has 5 heteroatoms. The molecule has 3 rings (SSSR count). The van der Waals surface area contributed by atoms with Crippen molar-refractivity contribution in [2.75, 3.05) is 18.5 Å². The molecule has 2 heterocycles. The molecule has 2 atom stereocenters. The van der Waals surface area contributed by atoms with Gasteiger partial charge in [0.25, 0.3) is 0 Å². The normalized spacial score (nSPS) is 25.7.